The molecular formula is C7H10N6S. The van der Waals surface area contributed by atoms with E-state index in [1.165, 1.54) is 16.4 Å². The smallest absolute Gasteiger partial charge is 0.209 e. The summed E-state index contributed by atoms with van der Waals surface area (Å²) in [7, 11) is 0. The van der Waals surface area contributed by atoms with E-state index in [0.717, 1.165) is 5.69 Å². The molecule has 0 amide bonds. The van der Waals surface area contributed by atoms with Crippen LogP contribution < -0.4 is 5.84 Å². The second kappa shape index (κ2) is 3.33. The second-order valence-corrected chi connectivity index (χ2v) is 3.59. The van der Waals surface area contributed by atoms with E-state index in [1.54, 1.807) is 0 Å². The molecule has 0 aliphatic rings. The SMILES string of the molecule is CSc1nnc(-c2cc(C)[nH]n2)n1N. The molecule has 0 fully saturated rings. The largest absolute Gasteiger partial charge is 0.335 e. The van der Waals surface area contributed by atoms with Crippen molar-refractivity contribution in [3.63, 3.8) is 0 Å². The van der Waals surface area contributed by atoms with Gasteiger partial charge in [-0.1, -0.05) is 11.8 Å². The van der Waals surface area contributed by atoms with Gasteiger partial charge in [0.1, 0.15) is 5.69 Å². The normalized spacial score (nSPS) is 10.7. The Kier molecular flexibility index (Phi) is 2.16. The maximum absolute atomic E-state index is 5.77. The average Bonchev–Trinajstić information content (AvgIpc) is 2.72. The minimum atomic E-state index is 0.568. The molecule has 3 N–H and O–H groups in total. The maximum Gasteiger partial charge on any atom is 0.209 e. The first-order valence-corrected chi connectivity index (χ1v) is 5.21. The summed E-state index contributed by atoms with van der Waals surface area (Å²) >= 11 is 1.44. The van der Waals surface area contributed by atoms with Crippen LogP contribution in [0.3, 0.4) is 0 Å². The van der Waals surface area contributed by atoms with Gasteiger partial charge in [-0.2, -0.15) is 5.10 Å². The Labute approximate surface area is 84.9 Å². The van der Waals surface area contributed by atoms with Crippen molar-refractivity contribution < 1.29 is 0 Å². The number of aromatic amines is 1. The molecule has 0 bridgehead atoms. The number of nitrogen functional groups attached to an aromatic ring is 1. The lowest BCUT2D eigenvalue weighted by atomic mass is 10.3. The van der Waals surface area contributed by atoms with Crippen LogP contribution in [0.1, 0.15) is 5.69 Å². The molecule has 74 valence electrons. The van der Waals surface area contributed by atoms with Gasteiger partial charge in [0.15, 0.2) is 0 Å². The van der Waals surface area contributed by atoms with E-state index in [4.69, 9.17) is 5.84 Å². The van der Waals surface area contributed by atoms with Crippen molar-refractivity contribution in [2.45, 2.75) is 12.1 Å². The van der Waals surface area contributed by atoms with Gasteiger partial charge in [0, 0.05) is 5.69 Å². The summed E-state index contributed by atoms with van der Waals surface area (Å²) in [4.78, 5) is 0. The molecule has 0 spiro atoms. The highest BCUT2D eigenvalue weighted by molar-refractivity contribution is 7.98. The van der Waals surface area contributed by atoms with Gasteiger partial charge in [0.05, 0.1) is 0 Å². The first-order chi connectivity index (χ1) is 6.72. The molecule has 7 heteroatoms. The predicted octanol–water partition coefficient (Wildman–Crippen LogP) is 0.412. The van der Waals surface area contributed by atoms with E-state index < -0.39 is 0 Å². The first-order valence-electron chi connectivity index (χ1n) is 3.99. The van der Waals surface area contributed by atoms with Crippen molar-refractivity contribution in [3.8, 4) is 11.5 Å². The lowest BCUT2D eigenvalue weighted by Crippen LogP contribution is -2.11. The molecule has 0 radical (unpaired) electrons. The number of thioether (sulfide) groups is 1. The van der Waals surface area contributed by atoms with Crippen LogP contribution in [0.2, 0.25) is 0 Å². The molecule has 0 aliphatic carbocycles. The molecule has 2 aromatic heterocycles. The zero-order valence-electron chi connectivity index (χ0n) is 7.85. The molecule has 2 rings (SSSR count). The zero-order chi connectivity index (χ0) is 10.1. The number of hydrogen-bond donors (Lipinski definition) is 2. The Hall–Kier alpha value is -1.50. The molecule has 0 saturated heterocycles. The van der Waals surface area contributed by atoms with Crippen molar-refractivity contribution in [1.29, 1.82) is 0 Å². The predicted molar refractivity (Wildman–Crippen MR) is 54.3 cm³/mol. The van der Waals surface area contributed by atoms with Crippen LogP contribution in [-0.4, -0.2) is 31.3 Å². The molecule has 0 atom stereocenters. The van der Waals surface area contributed by atoms with E-state index in [2.05, 4.69) is 20.4 Å². The fraction of sp³-hybridized carbons (Fsp3) is 0.286. The number of rotatable bonds is 2. The summed E-state index contributed by atoms with van der Waals surface area (Å²) in [6.07, 6.45) is 1.90. The molecule has 2 heterocycles. The molecule has 0 aromatic carbocycles. The van der Waals surface area contributed by atoms with Gasteiger partial charge in [-0.15, -0.1) is 10.2 Å². The number of aryl methyl sites for hydroxylation is 1. The standard InChI is InChI=1S/C7H10N6S/c1-4-3-5(10-9-4)6-11-12-7(14-2)13(6)8/h3H,8H2,1-2H3,(H,9,10). The fourth-order valence-electron chi connectivity index (χ4n) is 1.12. The van der Waals surface area contributed by atoms with E-state index >= 15 is 0 Å². The zero-order valence-corrected chi connectivity index (χ0v) is 8.67. The van der Waals surface area contributed by atoms with E-state index in [9.17, 15) is 0 Å². The topological polar surface area (TPSA) is 85.4 Å². The van der Waals surface area contributed by atoms with Crippen molar-refractivity contribution in [3.05, 3.63) is 11.8 Å². The average molecular weight is 210 g/mol. The van der Waals surface area contributed by atoms with Crippen LogP contribution in [0.25, 0.3) is 11.5 Å². The van der Waals surface area contributed by atoms with Crippen LogP contribution >= 0.6 is 11.8 Å². The third-order valence-electron chi connectivity index (χ3n) is 1.78. The van der Waals surface area contributed by atoms with E-state index in [-0.39, 0.29) is 0 Å². The number of nitrogens with one attached hydrogen (secondary N) is 1. The summed E-state index contributed by atoms with van der Waals surface area (Å²) in [6.45, 7) is 1.92. The number of nitrogens with zero attached hydrogens (tertiary/aromatic N) is 4. The molecule has 6 nitrogen and oxygen atoms in total. The maximum atomic E-state index is 5.77. The summed E-state index contributed by atoms with van der Waals surface area (Å²) < 4.78 is 1.43. The molecule has 0 saturated carbocycles. The lowest BCUT2D eigenvalue weighted by Gasteiger charge is -1.97. The number of H-pyrrole nitrogens is 1. The van der Waals surface area contributed by atoms with Crippen molar-refractivity contribution >= 4 is 11.8 Å². The summed E-state index contributed by atoms with van der Waals surface area (Å²) in [5, 5.41) is 15.4. The van der Waals surface area contributed by atoms with Crippen LogP contribution in [0, 0.1) is 6.92 Å². The second-order valence-electron chi connectivity index (χ2n) is 2.82. The quantitative estimate of drug-likeness (QED) is 0.554. The molecule has 0 aliphatic heterocycles. The third kappa shape index (κ3) is 1.35. The van der Waals surface area contributed by atoms with Crippen LogP contribution in [-0.2, 0) is 0 Å². The Morgan fingerprint density at radius 2 is 2.29 bits per heavy atom. The van der Waals surface area contributed by atoms with Gasteiger partial charge in [-0.05, 0) is 19.2 Å². The minimum absolute atomic E-state index is 0.568. The van der Waals surface area contributed by atoms with E-state index in [0.29, 0.717) is 16.7 Å². The number of nitrogens with two attached hydrogens (primary N) is 1. The number of hydrogen-bond acceptors (Lipinski definition) is 5. The highest BCUT2D eigenvalue weighted by Crippen LogP contribution is 2.18. The van der Waals surface area contributed by atoms with Gasteiger partial charge >= 0.3 is 0 Å². The van der Waals surface area contributed by atoms with Crippen LogP contribution in [0.5, 0.6) is 0 Å². The summed E-state index contributed by atoms with van der Waals surface area (Å²) in [6, 6.07) is 1.87. The first kappa shape index (κ1) is 9.07. The van der Waals surface area contributed by atoms with Gasteiger partial charge in [-0.3, -0.25) is 5.10 Å². The Balaban J connectivity index is 2.46. The van der Waals surface area contributed by atoms with Crippen molar-refractivity contribution in [2.24, 2.45) is 0 Å². The third-order valence-corrected chi connectivity index (χ3v) is 2.43. The lowest BCUT2D eigenvalue weighted by molar-refractivity contribution is 0.849. The van der Waals surface area contributed by atoms with Gasteiger partial charge in [-0.25, -0.2) is 4.68 Å². The van der Waals surface area contributed by atoms with Gasteiger partial charge < -0.3 is 5.84 Å². The molecule has 14 heavy (non-hydrogen) atoms. The Bertz CT molecular complexity index is 445. The van der Waals surface area contributed by atoms with E-state index in [1.807, 2.05) is 19.2 Å². The molecular weight excluding hydrogens is 200 g/mol. The summed E-state index contributed by atoms with van der Waals surface area (Å²) in [5.74, 6) is 6.34. The molecule has 0 unspecified atom stereocenters. The highest BCUT2D eigenvalue weighted by Gasteiger charge is 2.12. The monoisotopic (exact) mass is 210 g/mol. The van der Waals surface area contributed by atoms with Gasteiger partial charge in [0.25, 0.3) is 0 Å². The molecule has 2 aromatic rings. The summed E-state index contributed by atoms with van der Waals surface area (Å²) in [5.41, 5.74) is 1.67. The number of aromatic nitrogens is 5. The Morgan fingerprint density at radius 3 is 2.79 bits per heavy atom. The Morgan fingerprint density at radius 1 is 1.50 bits per heavy atom. The van der Waals surface area contributed by atoms with Crippen molar-refractivity contribution in [2.75, 3.05) is 12.1 Å². The van der Waals surface area contributed by atoms with Crippen LogP contribution in [0.4, 0.5) is 0 Å². The van der Waals surface area contributed by atoms with Crippen LogP contribution in [0.15, 0.2) is 11.2 Å². The minimum Gasteiger partial charge on any atom is -0.335 e. The van der Waals surface area contributed by atoms with Gasteiger partial charge in [0.2, 0.25) is 11.0 Å². The van der Waals surface area contributed by atoms with Crippen molar-refractivity contribution in [1.82, 2.24) is 25.1 Å². The highest BCUT2D eigenvalue weighted by atomic mass is 32.2. The fourth-order valence-corrected chi connectivity index (χ4v) is 1.53.